The van der Waals surface area contributed by atoms with Gasteiger partial charge in [0, 0.05) is 17.8 Å². The van der Waals surface area contributed by atoms with Crippen molar-refractivity contribution in [2.24, 2.45) is 0 Å². The van der Waals surface area contributed by atoms with E-state index in [1.165, 1.54) is 0 Å². The second-order valence-corrected chi connectivity index (χ2v) is 8.14. The predicted molar refractivity (Wildman–Crippen MR) is 115 cm³/mol. The number of thiazole rings is 1. The zero-order valence-corrected chi connectivity index (χ0v) is 17.2. The molecule has 3 heterocycles. The van der Waals surface area contributed by atoms with Crippen LogP contribution in [-0.4, -0.2) is 28.8 Å². The van der Waals surface area contributed by atoms with Gasteiger partial charge in [-0.3, -0.25) is 0 Å². The minimum Gasteiger partial charge on any atom is -0.454 e. The molecule has 2 aromatic carbocycles. The van der Waals surface area contributed by atoms with Crippen LogP contribution in [0.3, 0.4) is 0 Å². The van der Waals surface area contributed by atoms with Crippen molar-refractivity contribution >= 4 is 28.1 Å². The van der Waals surface area contributed by atoms with Gasteiger partial charge >= 0.3 is 0 Å². The van der Waals surface area contributed by atoms with Gasteiger partial charge in [0.1, 0.15) is 12.1 Å². The number of rotatable bonds is 4. The molecule has 0 N–H and O–H groups in total. The van der Waals surface area contributed by atoms with Crippen LogP contribution in [0.25, 0.3) is 22.0 Å². The van der Waals surface area contributed by atoms with Crippen LogP contribution in [0.2, 0.25) is 0 Å². The van der Waals surface area contributed by atoms with E-state index in [9.17, 15) is 0 Å². The monoisotopic (exact) mass is 404 g/mol. The molecule has 1 aliphatic heterocycles. The molecule has 0 spiro atoms. The van der Waals surface area contributed by atoms with Gasteiger partial charge in [0.25, 0.3) is 0 Å². The summed E-state index contributed by atoms with van der Waals surface area (Å²) in [5.74, 6) is 2.44. The maximum Gasteiger partial charge on any atom is 0.231 e. The maximum atomic E-state index is 5.53. The van der Waals surface area contributed by atoms with E-state index in [0.717, 1.165) is 50.0 Å². The van der Waals surface area contributed by atoms with Crippen molar-refractivity contribution in [1.82, 2.24) is 15.0 Å². The molecule has 146 valence electrons. The minimum atomic E-state index is 0.104. The second kappa shape index (κ2) is 7.00. The molecule has 1 aliphatic rings. The van der Waals surface area contributed by atoms with Crippen molar-refractivity contribution in [1.29, 1.82) is 0 Å². The summed E-state index contributed by atoms with van der Waals surface area (Å²) in [7, 11) is 2.05. The van der Waals surface area contributed by atoms with Crippen LogP contribution in [0.1, 0.15) is 23.7 Å². The Morgan fingerprint density at radius 3 is 2.66 bits per heavy atom. The summed E-state index contributed by atoms with van der Waals surface area (Å²) in [6.45, 7) is 4.44. The van der Waals surface area contributed by atoms with E-state index in [1.807, 2.05) is 38.2 Å². The van der Waals surface area contributed by atoms with E-state index in [0.29, 0.717) is 0 Å². The standard InChI is InChI=1S/C22H20N4O2S/c1-13(19-10-29-14(2)25-19)26(3)22-17-8-15(4-6-18(17)23-11-24-22)16-5-7-20-21(9-16)28-12-27-20/h4-11,13H,12H2,1-3H3. The zero-order chi connectivity index (χ0) is 20.0. The van der Waals surface area contributed by atoms with Gasteiger partial charge in [-0.1, -0.05) is 12.1 Å². The SMILES string of the molecule is Cc1nc(C(C)N(C)c2ncnc3ccc(-c4ccc5c(c4)OCO5)cc23)cs1. The zero-order valence-electron chi connectivity index (χ0n) is 16.4. The number of fused-ring (bicyclic) bond motifs is 2. The third kappa shape index (κ3) is 3.17. The normalized spacial score (nSPS) is 13.6. The fourth-order valence-electron chi connectivity index (χ4n) is 3.53. The molecule has 1 unspecified atom stereocenters. The number of nitrogens with zero attached hydrogens (tertiary/aromatic N) is 4. The van der Waals surface area contributed by atoms with E-state index >= 15 is 0 Å². The Balaban J connectivity index is 1.57. The van der Waals surface area contributed by atoms with Crippen LogP contribution in [0, 0.1) is 6.92 Å². The lowest BCUT2D eigenvalue weighted by molar-refractivity contribution is 0.174. The molecule has 1 atom stereocenters. The fraction of sp³-hybridized carbons (Fsp3) is 0.227. The topological polar surface area (TPSA) is 60.4 Å². The number of aromatic nitrogens is 3. The molecule has 0 aliphatic carbocycles. The smallest absolute Gasteiger partial charge is 0.231 e. The number of benzene rings is 2. The summed E-state index contributed by atoms with van der Waals surface area (Å²) in [6.07, 6.45) is 1.62. The summed E-state index contributed by atoms with van der Waals surface area (Å²) in [5, 5.41) is 4.18. The van der Waals surface area contributed by atoms with E-state index < -0.39 is 0 Å². The maximum absolute atomic E-state index is 5.53. The summed E-state index contributed by atoms with van der Waals surface area (Å²) in [6, 6.07) is 12.4. The molecular weight excluding hydrogens is 384 g/mol. The molecule has 4 aromatic rings. The van der Waals surface area contributed by atoms with Crippen molar-refractivity contribution in [3.8, 4) is 22.6 Å². The average molecular weight is 404 g/mol. The van der Waals surface area contributed by atoms with Gasteiger partial charge in [-0.05, 0) is 49.2 Å². The number of aryl methyl sites for hydroxylation is 1. The molecule has 0 saturated heterocycles. The van der Waals surface area contributed by atoms with E-state index in [-0.39, 0.29) is 12.8 Å². The third-order valence-electron chi connectivity index (χ3n) is 5.30. The lowest BCUT2D eigenvalue weighted by Gasteiger charge is -2.25. The highest BCUT2D eigenvalue weighted by Gasteiger charge is 2.19. The van der Waals surface area contributed by atoms with Crippen LogP contribution in [0.15, 0.2) is 48.1 Å². The lowest BCUT2D eigenvalue weighted by Crippen LogP contribution is -2.23. The molecule has 0 bridgehead atoms. The van der Waals surface area contributed by atoms with Gasteiger partial charge in [0.15, 0.2) is 11.5 Å². The molecule has 0 saturated carbocycles. The van der Waals surface area contributed by atoms with Crippen molar-refractivity contribution in [3.63, 3.8) is 0 Å². The van der Waals surface area contributed by atoms with Crippen LogP contribution in [0.4, 0.5) is 5.82 Å². The minimum absolute atomic E-state index is 0.104. The summed E-state index contributed by atoms with van der Waals surface area (Å²) in [5.41, 5.74) is 4.11. The Bertz CT molecular complexity index is 1210. The summed E-state index contributed by atoms with van der Waals surface area (Å²) in [4.78, 5) is 15.9. The van der Waals surface area contributed by atoms with Gasteiger partial charge in [0.05, 0.1) is 22.3 Å². The van der Waals surface area contributed by atoms with Gasteiger partial charge < -0.3 is 14.4 Å². The van der Waals surface area contributed by atoms with Crippen molar-refractivity contribution in [2.75, 3.05) is 18.7 Å². The van der Waals surface area contributed by atoms with Crippen molar-refractivity contribution in [3.05, 3.63) is 58.8 Å². The lowest BCUT2D eigenvalue weighted by atomic mass is 10.0. The number of ether oxygens (including phenoxy) is 2. The van der Waals surface area contributed by atoms with Gasteiger partial charge in [0.2, 0.25) is 6.79 Å². The molecule has 0 radical (unpaired) electrons. The largest absolute Gasteiger partial charge is 0.454 e. The molecule has 2 aromatic heterocycles. The van der Waals surface area contributed by atoms with Crippen LogP contribution in [0.5, 0.6) is 11.5 Å². The Morgan fingerprint density at radius 1 is 1.03 bits per heavy atom. The molecule has 7 heteroatoms. The quantitative estimate of drug-likeness (QED) is 0.478. The average Bonchev–Trinajstić information content (AvgIpc) is 3.40. The molecule has 0 amide bonds. The van der Waals surface area contributed by atoms with Crippen LogP contribution >= 0.6 is 11.3 Å². The molecular formula is C22H20N4O2S. The highest BCUT2D eigenvalue weighted by Crippen LogP contribution is 2.37. The summed E-state index contributed by atoms with van der Waals surface area (Å²) < 4.78 is 11.0. The third-order valence-corrected chi connectivity index (χ3v) is 6.09. The Labute approximate surface area is 172 Å². The number of hydrogen-bond acceptors (Lipinski definition) is 7. The Kier molecular flexibility index (Phi) is 4.32. The highest BCUT2D eigenvalue weighted by atomic mass is 32.1. The van der Waals surface area contributed by atoms with E-state index in [4.69, 9.17) is 9.47 Å². The van der Waals surface area contributed by atoms with E-state index in [2.05, 4.69) is 44.3 Å². The van der Waals surface area contributed by atoms with Crippen LogP contribution < -0.4 is 14.4 Å². The fourth-order valence-corrected chi connectivity index (χ4v) is 4.23. The highest BCUT2D eigenvalue weighted by molar-refractivity contribution is 7.09. The molecule has 0 fully saturated rings. The first-order valence-electron chi connectivity index (χ1n) is 9.40. The van der Waals surface area contributed by atoms with E-state index in [1.54, 1.807) is 17.7 Å². The van der Waals surface area contributed by atoms with Crippen molar-refractivity contribution < 1.29 is 9.47 Å². The first-order valence-corrected chi connectivity index (χ1v) is 10.3. The first-order chi connectivity index (χ1) is 14.1. The van der Waals surface area contributed by atoms with Gasteiger partial charge in [-0.15, -0.1) is 11.3 Å². The first kappa shape index (κ1) is 17.9. The summed E-state index contributed by atoms with van der Waals surface area (Å²) >= 11 is 1.67. The number of anilines is 1. The predicted octanol–water partition coefficient (Wildman–Crippen LogP) is 4.99. The van der Waals surface area contributed by atoms with Gasteiger partial charge in [-0.2, -0.15) is 0 Å². The van der Waals surface area contributed by atoms with Crippen molar-refractivity contribution in [2.45, 2.75) is 19.9 Å². The molecule has 5 rings (SSSR count). The van der Waals surface area contributed by atoms with Gasteiger partial charge in [-0.25, -0.2) is 15.0 Å². The van der Waals surface area contributed by atoms with Crippen LogP contribution in [-0.2, 0) is 0 Å². The Hall–Kier alpha value is -3.19. The molecule has 6 nitrogen and oxygen atoms in total. The number of hydrogen-bond donors (Lipinski definition) is 0. The second-order valence-electron chi connectivity index (χ2n) is 7.08. The molecule has 29 heavy (non-hydrogen) atoms. The Morgan fingerprint density at radius 2 is 1.83 bits per heavy atom.